The first-order chi connectivity index (χ1) is 9.26. The van der Waals surface area contributed by atoms with Crippen molar-refractivity contribution in [1.29, 1.82) is 0 Å². The van der Waals surface area contributed by atoms with E-state index >= 15 is 0 Å². The molecule has 19 heavy (non-hydrogen) atoms. The Kier molecular flexibility index (Phi) is 4.76. The Hall–Kier alpha value is -1.59. The number of ether oxygens (including phenoxy) is 1. The molecule has 1 fully saturated rings. The van der Waals surface area contributed by atoms with Gasteiger partial charge in [-0.3, -0.25) is 9.69 Å². The largest absolute Gasteiger partial charge is 0.496 e. The van der Waals surface area contributed by atoms with E-state index in [1.54, 1.807) is 19.2 Å². The summed E-state index contributed by atoms with van der Waals surface area (Å²) in [5, 5.41) is 8.90. The third-order valence-electron chi connectivity index (χ3n) is 3.41. The second kappa shape index (κ2) is 6.54. The Morgan fingerprint density at radius 2 is 1.95 bits per heavy atom. The van der Waals surface area contributed by atoms with Crippen LogP contribution in [-0.2, 0) is 0 Å². The van der Waals surface area contributed by atoms with Gasteiger partial charge in [0.25, 0.3) is 5.91 Å². The molecule has 0 atom stereocenters. The first-order valence-electron chi connectivity index (χ1n) is 6.51. The fraction of sp³-hybridized carbons (Fsp3) is 0.500. The second-order valence-corrected chi connectivity index (χ2v) is 4.56. The fourth-order valence-electron chi connectivity index (χ4n) is 2.31. The SMILES string of the molecule is COc1ccccc1C(=O)N1CCN(CCO)CC1. The van der Waals surface area contributed by atoms with Gasteiger partial charge in [-0.15, -0.1) is 0 Å². The summed E-state index contributed by atoms with van der Waals surface area (Å²) < 4.78 is 5.23. The molecule has 2 rings (SSSR count). The summed E-state index contributed by atoms with van der Waals surface area (Å²) in [6.07, 6.45) is 0. The average molecular weight is 264 g/mol. The van der Waals surface area contributed by atoms with Crippen LogP contribution in [0.3, 0.4) is 0 Å². The van der Waals surface area contributed by atoms with Crippen LogP contribution in [0, 0.1) is 0 Å². The summed E-state index contributed by atoms with van der Waals surface area (Å²) in [6.45, 7) is 3.84. The van der Waals surface area contributed by atoms with Crippen molar-refractivity contribution in [3.63, 3.8) is 0 Å². The number of nitrogens with zero attached hydrogens (tertiary/aromatic N) is 2. The number of piperazine rings is 1. The van der Waals surface area contributed by atoms with Gasteiger partial charge in [-0.05, 0) is 12.1 Å². The van der Waals surface area contributed by atoms with Gasteiger partial charge >= 0.3 is 0 Å². The highest BCUT2D eigenvalue weighted by Crippen LogP contribution is 2.19. The van der Waals surface area contributed by atoms with E-state index in [1.165, 1.54) is 0 Å². The average Bonchev–Trinajstić information content (AvgIpc) is 2.47. The molecular weight excluding hydrogens is 244 g/mol. The van der Waals surface area contributed by atoms with Crippen LogP contribution in [0.2, 0.25) is 0 Å². The van der Waals surface area contributed by atoms with Gasteiger partial charge in [0, 0.05) is 32.7 Å². The van der Waals surface area contributed by atoms with Crippen molar-refractivity contribution in [2.24, 2.45) is 0 Å². The van der Waals surface area contributed by atoms with Crippen LogP contribution in [0.1, 0.15) is 10.4 Å². The lowest BCUT2D eigenvalue weighted by molar-refractivity contribution is 0.0612. The smallest absolute Gasteiger partial charge is 0.257 e. The number of amides is 1. The van der Waals surface area contributed by atoms with Crippen molar-refractivity contribution >= 4 is 5.91 Å². The lowest BCUT2D eigenvalue weighted by Gasteiger charge is -2.34. The second-order valence-electron chi connectivity index (χ2n) is 4.56. The van der Waals surface area contributed by atoms with Gasteiger partial charge in [0.2, 0.25) is 0 Å². The normalized spacial score (nSPS) is 16.4. The molecule has 1 heterocycles. The standard InChI is InChI=1S/C14H20N2O3/c1-19-13-5-3-2-4-12(13)14(18)16-8-6-15(7-9-16)10-11-17/h2-5,17H,6-11H2,1H3. The minimum absolute atomic E-state index is 0.0149. The molecule has 1 aliphatic rings. The zero-order chi connectivity index (χ0) is 13.7. The maximum atomic E-state index is 12.4. The number of aliphatic hydroxyl groups is 1. The van der Waals surface area contributed by atoms with Crippen LogP contribution in [0.4, 0.5) is 0 Å². The third-order valence-corrected chi connectivity index (χ3v) is 3.41. The summed E-state index contributed by atoms with van der Waals surface area (Å²) >= 11 is 0. The first-order valence-corrected chi connectivity index (χ1v) is 6.51. The predicted octanol–water partition coefficient (Wildman–Crippen LogP) is 0.445. The van der Waals surface area contributed by atoms with Crippen molar-refractivity contribution in [3.05, 3.63) is 29.8 Å². The Bertz CT molecular complexity index is 428. The molecule has 0 radical (unpaired) electrons. The molecule has 1 N–H and O–H groups in total. The molecule has 0 unspecified atom stereocenters. The summed E-state index contributed by atoms with van der Waals surface area (Å²) in [4.78, 5) is 16.4. The van der Waals surface area contributed by atoms with Crippen molar-refractivity contribution in [2.75, 3.05) is 46.4 Å². The number of hydrogen-bond acceptors (Lipinski definition) is 4. The summed E-state index contributed by atoms with van der Waals surface area (Å²) in [5.74, 6) is 0.631. The first kappa shape index (κ1) is 13.8. The quantitative estimate of drug-likeness (QED) is 0.857. The number of aliphatic hydroxyl groups excluding tert-OH is 1. The summed E-state index contributed by atoms with van der Waals surface area (Å²) in [6, 6.07) is 7.29. The maximum Gasteiger partial charge on any atom is 0.257 e. The van der Waals surface area contributed by atoms with Gasteiger partial charge in [-0.1, -0.05) is 12.1 Å². The zero-order valence-electron chi connectivity index (χ0n) is 11.2. The number of hydrogen-bond donors (Lipinski definition) is 1. The predicted molar refractivity (Wildman–Crippen MR) is 72.4 cm³/mol. The molecule has 0 aromatic heterocycles. The van der Waals surface area contributed by atoms with Crippen LogP contribution in [0.15, 0.2) is 24.3 Å². The van der Waals surface area contributed by atoms with Crippen molar-refractivity contribution in [2.45, 2.75) is 0 Å². The van der Waals surface area contributed by atoms with Crippen LogP contribution in [0.5, 0.6) is 5.75 Å². The van der Waals surface area contributed by atoms with Crippen LogP contribution < -0.4 is 4.74 Å². The van der Waals surface area contributed by atoms with E-state index < -0.39 is 0 Å². The molecule has 5 nitrogen and oxygen atoms in total. The van der Waals surface area contributed by atoms with Gasteiger partial charge in [-0.25, -0.2) is 0 Å². The number of methoxy groups -OCH3 is 1. The number of β-amino-alcohol motifs (C(OH)–C–C–N with tert-alkyl or cyclic N) is 1. The van der Waals surface area contributed by atoms with E-state index in [2.05, 4.69) is 4.90 Å². The summed E-state index contributed by atoms with van der Waals surface area (Å²) in [5.41, 5.74) is 0.612. The number of carbonyl (C=O) groups is 1. The van der Waals surface area contributed by atoms with Gasteiger partial charge in [-0.2, -0.15) is 0 Å². The maximum absolute atomic E-state index is 12.4. The van der Waals surface area contributed by atoms with Crippen molar-refractivity contribution < 1.29 is 14.6 Å². The van der Waals surface area contributed by atoms with Crippen LogP contribution >= 0.6 is 0 Å². The molecule has 1 aromatic carbocycles. The lowest BCUT2D eigenvalue weighted by atomic mass is 10.1. The Labute approximate surface area is 113 Å². The zero-order valence-corrected chi connectivity index (χ0v) is 11.2. The van der Waals surface area contributed by atoms with E-state index in [0.717, 1.165) is 13.1 Å². The van der Waals surface area contributed by atoms with Crippen LogP contribution in [-0.4, -0.2) is 67.3 Å². The third kappa shape index (κ3) is 3.24. The van der Waals surface area contributed by atoms with Gasteiger partial charge < -0.3 is 14.7 Å². The monoisotopic (exact) mass is 264 g/mol. The molecule has 1 aliphatic heterocycles. The lowest BCUT2D eigenvalue weighted by Crippen LogP contribution is -2.49. The number of benzene rings is 1. The molecule has 1 saturated heterocycles. The number of para-hydroxylation sites is 1. The molecule has 5 heteroatoms. The Balaban J connectivity index is 2.01. The van der Waals surface area contributed by atoms with E-state index in [4.69, 9.17) is 9.84 Å². The molecular formula is C14H20N2O3. The van der Waals surface area contributed by atoms with Gasteiger partial charge in [0.1, 0.15) is 5.75 Å². The van der Waals surface area contributed by atoms with Crippen LogP contribution in [0.25, 0.3) is 0 Å². The highest BCUT2D eigenvalue weighted by molar-refractivity contribution is 5.97. The topological polar surface area (TPSA) is 53.0 Å². The molecule has 0 aliphatic carbocycles. The van der Waals surface area contributed by atoms with E-state index in [9.17, 15) is 4.79 Å². The highest BCUT2D eigenvalue weighted by atomic mass is 16.5. The molecule has 1 aromatic rings. The van der Waals surface area contributed by atoms with Gasteiger partial charge in [0.15, 0.2) is 0 Å². The van der Waals surface area contributed by atoms with E-state index in [-0.39, 0.29) is 12.5 Å². The van der Waals surface area contributed by atoms with Gasteiger partial charge in [0.05, 0.1) is 19.3 Å². The highest BCUT2D eigenvalue weighted by Gasteiger charge is 2.23. The molecule has 0 saturated carbocycles. The minimum atomic E-state index is 0.0149. The Morgan fingerprint density at radius 1 is 1.26 bits per heavy atom. The molecule has 0 spiro atoms. The number of carbonyl (C=O) groups excluding carboxylic acids is 1. The minimum Gasteiger partial charge on any atom is -0.496 e. The van der Waals surface area contributed by atoms with Crippen molar-refractivity contribution in [3.8, 4) is 5.75 Å². The molecule has 1 amide bonds. The van der Waals surface area contributed by atoms with E-state index in [0.29, 0.717) is 30.9 Å². The molecule has 0 bridgehead atoms. The Morgan fingerprint density at radius 3 is 2.58 bits per heavy atom. The fourth-order valence-corrected chi connectivity index (χ4v) is 2.31. The van der Waals surface area contributed by atoms with Crippen molar-refractivity contribution in [1.82, 2.24) is 9.80 Å². The number of rotatable bonds is 4. The van der Waals surface area contributed by atoms with E-state index in [1.807, 2.05) is 17.0 Å². The molecule has 104 valence electrons. The summed E-state index contributed by atoms with van der Waals surface area (Å²) in [7, 11) is 1.57.